The minimum absolute atomic E-state index is 0.0881. The Morgan fingerprint density at radius 1 is 0.935 bits per heavy atom. The van der Waals surface area contributed by atoms with E-state index < -0.39 is 0 Å². The molecule has 0 unspecified atom stereocenters. The van der Waals surface area contributed by atoms with E-state index in [-0.39, 0.29) is 18.4 Å². The van der Waals surface area contributed by atoms with Crippen LogP contribution in [-0.4, -0.2) is 25.0 Å². The molecule has 0 saturated heterocycles. The first-order valence-electron chi connectivity index (χ1n) is 9.89. The van der Waals surface area contributed by atoms with Crippen molar-refractivity contribution in [2.75, 3.05) is 29.1 Å². The standard InChI is InChI=1S/C25H25N3O3/c1-3-15-31-23-10-5-4-9-22(23)28-24(29)17-26-20-11-13-21(14-12-20)27-25(30)19-8-6-7-18(2)16-19/h3-14,16,26H,1,15,17H2,2H3,(H,27,30)(H,28,29). The lowest BCUT2D eigenvalue weighted by Gasteiger charge is -2.12. The van der Waals surface area contributed by atoms with Crippen LogP contribution >= 0.6 is 0 Å². The van der Waals surface area contributed by atoms with E-state index in [1.54, 1.807) is 48.5 Å². The minimum atomic E-state index is -0.202. The molecule has 0 atom stereocenters. The van der Waals surface area contributed by atoms with E-state index in [1.807, 2.05) is 37.3 Å². The maximum absolute atomic E-state index is 12.3. The monoisotopic (exact) mass is 415 g/mol. The van der Waals surface area contributed by atoms with Gasteiger partial charge in [-0.25, -0.2) is 0 Å². The Morgan fingerprint density at radius 3 is 2.42 bits per heavy atom. The van der Waals surface area contributed by atoms with Gasteiger partial charge in [-0.2, -0.15) is 0 Å². The molecule has 0 aromatic heterocycles. The summed E-state index contributed by atoms with van der Waals surface area (Å²) >= 11 is 0. The number of benzene rings is 3. The first-order valence-corrected chi connectivity index (χ1v) is 9.89. The fourth-order valence-electron chi connectivity index (χ4n) is 2.88. The van der Waals surface area contributed by atoms with Crippen LogP contribution in [-0.2, 0) is 4.79 Å². The number of aryl methyl sites for hydroxylation is 1. The molecule has 3 aromatic rings. The number of ether oxygens (including phenoxy) is 1. The van der Waals surface area contributed by atoms with Crippen molar-refractivity contribution < 1.29 is 14.3 Å². The van der Waals surface area contributed by atoms with Gasteiger partial charge in [0, 0.05) is 16.9 Å². The van der Waals surface area contributed by atoms with E-state index in [9.17, 15) is 9.59 Å². The summed E-state index contributed by atoms with van der Waals surface area (Å²) in [5.41, 5.74) is 3.68. The predicted molar refractivity (Wildman–Crippen MR) is 125 cm³/mol. The van der Waals surface area contributed by atoms with E-state index in [0.717, 1.165) is 11.3 Å². The highest BCUT2D eigenvalue weighted by Crippen LogP contribution is 2.23. The highest BCUT2D eigenvalue weighted by atomic mass is 16.5. The van der Waals surface area contributed by atoms with Crippen LogP contribution in [0.2, 0.25) is 0 Å². The van der Waals surface area contributed by atoms with E-state index in [4.69, 9.17) is 4.74 Å². The molecule has 0 saturated carbocycles. The molecule has 0 spiro atoms. The van der Waals surface area contributed by atoms with Crippen LogP contribution in [0.15, 0.2) is 85.5 Å². The second kappa shape index (κ2) is 10.6. The van der Waals surface area contributed by atoms with Gasteiger partial charge in [-0.1, -0.05) is 42.5 Å². The molecule has 3 rings (SSSR count). The van der Waals surface area contributed by atoms with Crippen LogP contribution < -0.4 is 20.7 Å². The van der Waals surface area contributed by atoms with Gasteiger partial charge in [-0.15, -0.1) is 0 Å². The summed E-state index contributed by atoms with van der Waals surface area (Å²) in [6.07, 6.45) is 1.65. The smallest absolute Gasteiger partial charge is 0.255 e. The number of rotatable bonds is 9. The van der Waals surface area contributed by atoms with Crippen molar-refractivity contribution in [3.63, 3.8) is 0 Å². The van der Waals surface area contributed by atoms with E-state index in [0.29, 0.717) is 29.3 Å². The molecule has 6 heteroatoms. The molecule has 0 bridgehead atoms. The highest BCUT2D eigenvalue weighted by molar-refractivity contribution is 6.04. The van der Waals surface area contributed by atoms with Gasteiger partial charge in [0.25, 0.3) is 5.91 Å². The van der Waals surface area contributed by atoms with Gasteiger partial charge in [0.1, 0.15) is 12.4 Å². The average Bonchev–Trinajstić information content (AvgIpc) is 2.78. The Hall–Kier alpha value is -4.06. The number of nitrogens with one attached hydrogen (secondary N) is 3. The first-order chi connectivity index (χ1) is 15.0. The maximum Gasteiger partial charge on any atom is 0.255 e. The van der Waals surface area contributed by atoms with Gasteiger partial charge in [-0.3, -0.25) is 9.59 Å². The van der Waals surface area contributed by atoms with Crippen LogP contribution in [0.5, 0.6) is 5.75 Å². The van der Waals surface area contributed by atoms with Crippen LogP contribution in [0.4, 0.5) is 17.1 Å². The van der Waals surface area contributed by atoms with Crippen molar-refractivity contribution in [3.8, 4) is 5.75 Å². The lowest BCUT2D eigenvalue weighted by atomic mass is 10.1. The van der Waals surface area contributed by atoms with Crippen molar-refractivity contribution in [1.29, 1.82) is 0 Å². The average molecular weight is 415 g/mol. The molecule has 0 aliphatic rings. The molecular weight excluding hydrogens is 390 g/mol. The second-order valence-electron chi connectivity index (χ2n) is 6.90. The van der Waals surface area contributed by atoms with Crippen molar-refractivity contribution in [2.45, 2.75) is 6.92 Å². The molecule has 158 valence electrons. The zero-order valence-electron chi connectivity index (χ0n) is 17.4. The third kappa shape index (κ3) is 6.47. The highest BCUT2D eigenvalue weighted by Gasteiger charge is 2.08. The van der Waals surface area contributed by atoms with Crippen molar-refractivity contribution in [3.05, 3.63) is 96.6 Å². The molecule has 3 N–H and O–H groups in total. The van der Waals surface area contributed by atoms with Crippen LogP contribution in [0.3, 0.4) is 0 Å². The summed E-state index contributed by atoms with van der Waals surface area (Å²) < 4.78 is 5.55. The largest absolute Gasteiger partial charge is 0.487 e. The van der Waals surface area contributed by atoms with Gasteiger partial charge in [0.2, 0.25) is 5.91 Å². The van der Waals surface area contributed by atoms with Crippen molar-refractivity contribution in [2.24, 2.45) is 0 Å². The normalized spacial score (nSPS) is 10.1. The Labute approximate surface area is 181 Å². The van der Waals surface area contributed by atoms with Gasteiger partial charge in [-0.05, 0) is 55.5 Å². The molecule has 31 heavy (non-hydrogen) atoms. The van der Waals surface area contributed by atoms with Crippen molar-refractivity contribution in [1.82, 2.24) is 0 Å². The summed E-state index contributed by atoms with van der Waals surface area (Å²) in [6.45, 7) is 6.02. The van der Waals surface area contributed by atoms with E-state index in [2.05, 4.69) is 22.5 Å². The fraction of sp³-hybridized carbons (Fsp3) is 0.120. The second-order valence-corrected chi connectivity index (χ2v) is 6.90. The first kappa shape index (κ1) is 21.6. The number of hydrogen-bond donors (Lipinski definition) is 3. The maximum atomic E-state index is 12.3. The molecule has 0 aliphatic carbocycles. The molecule has 0 aliphatic heterocycles. The lowest BCUT2D eigenvalue weighted by molar-refractivity contribution is -0.114. The number of para-hydroxylation sites is 2. The number of anilines is 3. The van der Waals surface area contributed by atoms with Gasteiger partial charge in [0.15, 0.2) is 0 Å². The Balaban J connectivity index is 1.52. The number of carbonyl (C=O) groups is 2. The zero-order chi connectivity index (χ0) is 22.1. The Bertz CT molecular complexity index is 1060. The lowest BCUT2D eigenvalue weighted by Crippen LogP contribution is -2.22. The quantitative estimate of drug-likeness (QED) is 0.436. The molecule has 3 aromatic carbocycles. The fourth-order valence-corrected chi connectivity index (χ4v) is 2.88. The third-order valence-corrected chi connectivity index (χ3v) is 4.39. The van der Waals surface area contributed by atoms with Crippen molar-refractivity contribution >= 4 is 28.9 Å². The number of hydrogen-bond acceptors (Lipinski definition) is 4. The Morgan fingerprint density at radius 2 is 1.68 bits per heavy atom. The molecule has 2 amide bonds. The summed E-state index contributed by atoms with van der Waals surface area (Å²) in [6, 6.07) is 21.8. The SMILES string of the molecule is C=CCOc1ccccc1NC(=O)CNc1ccc(NC(=O)c2cccc(C)c2)cc1. The van der Waals surface area contributed by atoms with Crippen LogP contribution in [0.1, 0.15) is 15.9 Å². The van der Waals surface area contributed by atoms with Crippen LogP contribution in [0.25, 0.3) is 0 Å². The van der Waals surface area contributed by atoms with Gasteiger partial charge < -0.3 is 20.7 Å². The topological polar surface area (TPSA) is 79.5 Å². The molecular formula is C25H25N3O3. The summed E-state index contributed by atoms with van der Waals surface area (Å²) in [5, 5.41) is 8.76. The zero-order valence-corrected chi connectivity index (χ0v) is 17.4. The molecule has 0 radical (unpaired) electrons. The molecule has 6 nitrogen and oxygen atoms in total. The number of amides is 2. The minimum Gasteiger partial charge on any atom is -0.487 e. The Kier molecular flexibility index (Phi) is 7.43. The summed E-state index contributed by atoms with van der Waals surface area (Å²) in [7, 11) is 0. The third-order valence-electron chi connectivity index (χ3n) is 4.39. The van der Waals surface area contributed by atoms with E-state index >= 15 is 0 Å². The van der Waals surface area contributed by atoms with Gasteiger partial charge >= 0.3 is 0 Å². The summed E-state index contributed by atoms with van der Waals surface area (Å²) in [4.78, 5) is 24.6. The van der Waals surface area contributed by atoms with Crippen LogP contribution in [0, 0.1) is 6.92 Å². The summed E-state index contributed by atoms with van der Waals surface area (Å²) in [5.74, 6) is 0.219. The molecule has 0 heterocycles. The van der Waals surface area contributed by atoms with Gasteiger partial charge in [0.05, 0.1) is 12.2 Å². The number of carbonyl (C=O) groups excluding carboxylic acids is 2. The van der Waals surface area contributed by atoms with E-state index in [1.165, 1.54) is 0 Å². The predicted octanol–water partition coefficient (Wildman–Crippen LogP) is 4.86. The molecule has 0 fully saturated rings.